The Balaban J connectivity index is 1.66. The van der Waals surface area contributed by atoms with Gasteiger partial charge < -0.3 is 10.3 Å². The van der Waals surface area contributed by atoms with Gasteiger partial charge in [0.15, 0.2) is 0 Å². The zero-order valence-corrected chi connectivity index (χ0v) is 10.9. The average Bonchev–Trinajstić information content (AvgIpc) is 3.08. The molecule has 2 N–H and O–H groups in total. The number of hydrogen-bond acceptors (Lipinski definition) is 2. The van der Waals surface area contributed by atoms with E-state index >= 15 is 0 Å². The summed E-state index contributed by atoms with van der Waals surface area (Å²) in [5.41, 5.74) is 1.98. The highest BCUT2D eigenvalue weighted by atomic mass is 35.5. The summed E-state index contributed by atoms with van der Waals surface area (Å²) < 4.78 is 0. The zero-order valence-electron chi connectivity index (χ0n) is 10.1. The second-order valence-corrected chi connectivity index (χ2v) is 5.20. The van der Waals surface area contributed by atoms with Crippen LogP contribution < -0.4 is 5.32 Å². The fraction of sp³-hybridized carbons (Fsp3) is 0.357. The molecule has 18 heavy (non-hydrogen) atoms. The van der Waals surface area contributed by atoms with Gasteiger partial charge in [-0.15, -0.1) is 0 Å². The van der Waals surface area contributed by atoms with Gasteiger partial charge in [-0.3, -0.25) is 0 Å². The molecule has 0 aliphatic heterocycles. The summed E-state index contributed by atoms with van der Waals surface area (Å²) in [4.78, 5) is 7.68. The Morgan fingerprint density at radius 1 is 1.33 bits per heavy atom. The number of imidazole rings is 1. The van der Waals surface area contributed by atoms with Crippen molar-refractivity contribution in [2.75, 3.05) is 6.54 Å². The number of halogens is 1. The molecule has 0 amide bonds. The standard InChI is InChI=1S/C14H16ClN3/c15-12-4-2-1-3-11(12)13-8-17-14(18-13)9-16-7-10-5-6-10/h1-4,8,10,16H,5-7,9H2,(H,17,18). The topological polar surface area (TPSA) is 40.7 Å². The van der Waals surface area contributed by atoms with Crippen molar-refractivity contribution in [2.45, 2.75) is 19.4 Å². The lowest BCUT2D eigenvalue weighted by atomic mass is 10.2. The van der Waals surface area contributed by atoms with Crippen molar-refractivity contribution in [1.29, 1.82) is 0 Å². The third-order valence-electron chi connectivity index (χ3n) is 3.21. The molecule has 1 fully saturated rings. The average molecular weight is 262 g/mol. The fourth-order valence-corrected chi connectivity index (χ4v) is 2.22. The minimum absolute atomic E-state index is 0.749. The largest absolute Gasteiger partial charge is 0.341 e. The maximum Gasteiger partial charge on any atom is 0.120 e. The van der Waals surface area contributed by atoms with E-state index in [4.69, 9.17) is 11.6 Å². The molecule has 94 valence electrons. The van der Waals surface area contributed by atoms with Crippen molar-refractivity contribution in [1.82, 2.24) is 15.3 Å². The molecule has 0 unspecified atom stereocenters. The first-order valence-electron chi connectivity index (χ1n) is 6.32. The summed E-state index contributed by atoms with van der Waals surface area (Å²) in [6.07, 6.45) is 4.58. The second-order valence-electron chi connectivity index (χ2n) is 4.80. The van der Waals surface area contributed by atoms with Crippen LogP contribution >= 0.6 is 11.6 Å². The molecule has 1 aliphatic carbocycles. The van der Waals surface area contributed by atoms with Crippen molar-refractivity contribution in [3.63, 3.8) is 0 Å². The first-order chi connectivity index (χ1) is 8.83. The quantitative estimate of drug-likeness (QED) is 0.868. The van der Waals surface area contributed by atoms with Crippen LogP contribution in [0, 0.1) is 5.92 Å². The minimum Gasteiger partial charge on any atom is -0.341 e. The van der Waals surface area contributed by atoms with E-state index in [1.807, 2.05) is 30.5 Å². The first-order valence-corrected chi connectivity index (χ1v) is 6.70. The maximum absolute atomic E-state index is 6.16. The van der Waals surface area contributed by atoms with Crippen molar-refractivity contribution < 1.29 is 0 Å². The lowest BCUT2D eigenvalue weighted by Gasteiger charge is -2.01. The molecule has 3 rings (SSSR count). The van der Waals surface area contributed by atoms with Gasteiger partial charge in [0.25, 0.3) is 0 Å². The SMILES string of the molecule is Clc1ccccc1-c1cnc(CNCC2CC2)[nH]1. The van der Waals surface area contributed by atoms with E-state index in [1.54, 1.807) is 0 Å². The summed E-state index contributed by atoms with van der Waals surface area (Å²) in [6.45, 7) is 1.89. The van der Waals surface area contributed by atoms with E-state index in [0.29, 0.717) is 0 Å². The Morgan fingerprint density at radius 2 is 2.17 bits per heavy atom. The van der Waals surface area contributed by atoms with Gasteiger partial charge in [0.1, 0.15) is 5.82 Å². The molecule has 1 saturated carbocycles. The van der Waals surface area contributed by atoms with E-state index in [1.165, 1.54) is 12.8 Å². The number of aromatic amines is 1. The van der Waals surface area contributed by atoms with E-state index < -0.39 is 0 Å². The Morgan fingerprint density at radius 3 is 2.94 bits per heavy atom. The fourth-order valence-electron chi connectivity index (χ4n) is 1.99. The minimum atomic E-state index is 0.749. The number of nitrogens with zero attached hydrogens (tertiary/aromatic N) is 1. The van der Waals surface area contributed by atoms with Gasteiger partial charge in [-0.2, -0.15) is 0 Å². The van der Waals surface area contributed by atoms with Crippen LogP contribution in [-0.2, 0) is 6.54 Å². The van der Waals surface area contributed by atoms with Crippen LogP contribution in [0.4, 0.5) is 0 Å². The summed E-state index contributed by atoms with van der Waals surface area (Å²) >= 11 is 6.16. The van der Waals surface area contributed by atoms with Crippen molar-refractivity contribution >= 4 is 11.6 Å². The van der Waals surface area contributed by atoms with Crippen molar-refractivity contribution in [2.24, 2.45) is 5.92 Å². The lowest BCUT2D eigenvalue weighted by molar-refractivity contribution is 0.623. The van der Waals surface area contributed by atoms with Gasteiger partial charge in [-0.05, 0) is 31.4 Å². The normalized spacial score (nSPS) is 14.9. The van der Waals surface area contributed by atoms with Crippen LogP contribution in [0.25, 0.3) is 11.3 Å². The molecule has 0 bridgehead atoms. The summed E-state index contributed by atoms with van der Waals surface area (Å²) in [6, 6.07) is 7.80. The maximum atomic E-state index is 6.16. The number of aromatic nitrogens is 2. The Labute approximate surface area is 112 Å². The van der Waals surface area contributed by atoms with Gasteiger partial charge in [0.2, 0.25) is 0 Å². The van der Waals surface area contributed by atoms with Gasteiger partial charge in [0.05, 0.1) is 18.4 Å². The Kier molecular flexibility index (Phi) is 3.35. The molecule has 0 atom stereocenters. The number of hydrogen-bond donors (Lipinski definition) is 2. The highest BCUT2D eigenvalue weighted by Gasteiger charge is 2.20. The molecule has 1 aromatic carbocycles. The molecule has 0 saturated heterocycles. The van der Waals surface area contributed by atoms with Crippen LogP contribution in [0.3, 0.4) is 0 Å². The summed E-state index contributed by atoms with van der Waals surface area (Å²) in [7, 11) is 0. The smallest absolute Gasteiger partial charge is 0.120 e. The summed E-state index contributed by atoms with van der Waals surface area (Å²) in [5.74, 6) is 1.86. The van der Waals surface area contributed by atoms with E-state index in [2.05, 4.69) is 15.3 Å². The molecule has 3 nitrogen and oxygen atoms in total. The summed E-state index contributed by atoms with van der Waals surface area (Å²) in [5, 5.41) is 4.17. The monoisotopic (exact) mass is 261 g/mol. The van der Waals surface area contributed by atoms with Gasteiger partial charge in [0, 0.05) is 10.6 Å². The van der Waals surface area contributed by atoms with Gasteiger partial charge in [-0.1, -0.05) is 29.8 Å². The molecule has 0 spiro atoms. The van der Waals surface area contributed by atoms with Crippen molar-refractivity contribution in [3.05, 3.63) is 41.3 Å². The number of benzene rings is 1. The van der Waals surface area contributed by atoms with E-state index in [-0.39, 0.29) is 0 Å². The van der Waals surface area contributed by atoms with Gasteiger partial charge in [-0.25, -0.2) is 4.98 Å². The van der Waals surface area contributed by atoms with Crippen LogP contribution in [-0.4, -0.2) is 16.5 Å². The zero-order chi connectivity index (χ0) is 12.4. The Bertz CT molecular complexity index is 531. The highest BCUT2D eigenvalue weighted by molar-refractivity contribution is 6.33. The predicted octanol–water partition coefficient (Wildman–Crippen LogP) is 3.23. The number of H-pyrrole nitrogens is 1. The second kappa shape index (κ2) is 5.12. The van der Waals surface area contributed by atoms with Crippen LogP contribution in [0.5, 0.6) is 0 Å². The van der Waals surface area contributed by atoms with E-state index in [0.717, 1.165) is 41.1 Å². The predicted molar refractivity (Wildman–Crippen MR) is 73.5 cm³/mol. The lowest BCUT2D eigenvalue weighted by Crippen LogP contribution is -2.16. The molecule has 4 heteroatoms. The molecular formula is C14H16ClN3. The molecule has 1 heterocycles. The third kappa shape index (κ3) is 2.74. The number of rotatable bonds is 5. The molecular weight excluding hydrogens is 246 g/mol. The first kappa shape index (κ1) is 11.8. The van der Waals surface area contributed by atoms with Crippen LogP contribution in [0.15, 0.2) is 30.5 Å². The highest BCUT2D eigenvalue weighted by Crippen LogP contribution is 2.28. The molecule has 0 radical (unpaired) electrons. The van der Waals surface area contributed by atoms with Crippen LogP contribution in [0.1, 0.15) is 18.7 Å². The van der Waals surface area contributed by atoms with Crippen LogP contribution in [0.2, 0.25) is 5.02 Å². The van der Waals surface area contributed by atoms with Gasteiger partial charge >= 0.3 is 0 Å². The molecule has 2 aromatic rings. The third-order valence-corrected chi connectivity index (χ3v) is 3.54. The number of nitrogens with one attached hydrogen (secondary N) is 2. The molecule has 1 aromatic heterocycles. The Hall–Kier alpha value is -1.32. The van der Waals surface area contributed by atoms with E-state index in [9.17, 15) is 0 Å². The molecule has 1 aliphatic rings. The van der Waals surface area contributed by atoms with Crippen molar-refractivity contribution in [3.8, 4) is 11.3 Å².